The van der Waals surface area contributed by atoms with Crippen molar-refractivity contribution in [1.82, 2.24) is 4.90 Å². The second kappa shape index (κ2) is 6.93. The van der Waals surface area contributed by atoms with Gasteiger partial charge < -0.3 is 4.90 Å². The molecule has 0 amide bonds. The SMILES string of the molecule is CC(C)CCN(C(=N)C(C)C)C(C)C(C)C. The van der Waals surface area contributed by atoms with Crippen molar-refractivity contribution in [1.29, 1.82) is 5.41 Å². The molecule has 2 heteroatoms. The van der Waals surface area contributed by atoms with E-state index in [1.54, 1.807) is 0 Å². The Morgan fingerprint density at radius 2 is 1.50 bits per heavy atom. The Labute approximate surface area is 102 Å². The summed E-state index contributed by atoms with van der Waals surface area (Å²) in [6.45, 7) is 16.4. The lowest BCUT2D eigenvalue weighted by Crippen LogP contribution is -2.44. The summed E-state index contributed by atoms with van der Waals surface area (Å²) in [7, 11) is 0. The molecule has 0 aromatic rings. The third-order valence-corrected chi connectivity index (χ3v) is 3.26. The van der Waals surface area contributed by atoms with Gasteiger partial charge in [0, 0.05) is 18.5 Å². The third-order valence-electron chi connectivity index (χ3n) is 3.26. The highest BCUT2D eigenvalue weighted by Gasteiger charge is 2.21. The lowest BCUT2D eigenvalue weighted by molar-refractivity contribution is 0.244. The smallest absolute Gasteiger partial charge is 0.0986 e. The highest BCUT2D eigenvalue weighted by atomic mass is 15.2. The molecule has 0 radical (unpaired) electrons. The van der Waals surface area contributed by atoms with E-state index >= 15 is 0 Å². The standard InChI is InChI=1S/C14H30N2/c1-10(2)8-9-16(13(7)11(3)4)14(15)12(5)6/h10-13,15H,8-9H2,1-7H3. The Hall–Kier alpha value is -0.530. The van der Waals surface area contributed by atoms with Gasteiger partial charge in [-0.25, -0.2) is 0 Å². The van der Waals surface area contributed by atoms with Gasteiger partial charge in [-0.1, -0.05) is 41.5 Å². The molecule has 16 heavy (non-hydrogen) atoms. The molecule has 0 bridgehead atoms. The van der Waals surface area contributed by atoms with Gasteiger partial charge in [0.25, 0.3) is 0 Å². The Balaban J connectivity index is 4.56. The van der Waals surface area contributed by atoms with Crippen LogP contribution in [-0.2, 0) is 0 Å². The Bertz CT molecular complexity index is 207. The van der Waals surface area contributed by atoms with Crippen LogP contribution in [0.25, 0.3) is 0 Å². The van der Waals surface area contributed by atoms with Gasteiger partial charge in [0.2, 0.25) is 0 Å². The Morgan fingerprint density at radius 3 is 1.81 bits per heavy atom. The summed E-state index contributed by atoms with van der Waals surface area (Å²) >= 11 is 0. The summed E-state index contributed by atoms with van der Waals surface area (Å²) in [5.41, 5.74) is 0. The topological polar surface area (TPSA) is 27.1 Å². The fourth-order valence-corrected chi connectivity index (χ4v) is 1.63. The Morgan fingerprint density at radius 1 is 1.00 bits per heavy atom. The van der Waals surface area contributed by atoms with Crippen LogP contribution in [0.5, 0.6) is 0 Å². The molecule has 0 aliphatic rings. The third kappa shape index (κ3) is 5.00. The van der Waals surface area contributed by atoms with Crippen LogP contribution in [0.15, 0.2) is 0 Å². The van der Waals surface area contributed by atoms with Crippen molar-refractivity contribution in [2.75, 3.05) is 6.54 Å². The maximum absolute atomic E-state index is 8.19. The first-order valence-corrected chi connectivity index (χ1v) is 6.62. The average molecular weight is 226 g/mol. The van der Waals surface area contributed by atoms with E-state index in [9.17, 15) is 0 Å². The van der Waals surface area contributed by atoms with Gasteiger partial charge >= 0.3 is 0 Å². The number of rotatable bonds is 6. The van der Waals surface area contributed by atoms with E-state index in [0.29, 0.717) is 23.8 Å². The van der Waals surface area contributed by atoms with Crippen molar-refractivity contribution >= 4 is 5.84 Å². The molecule has 0 aliphatic heterocycles. The first-order valence-electron chi connectivity index (χ1n) is 6.62. The normalized spacial score (nSPS) is 13.6. The minimum Gasteiger partial charge on any atom is -0.357 e. The number of nitrogens with one attached hydrogen (secondary N) is 1. The van der Waals surface area contributed by atoms with E-state index in [4.69, 9.17) is 5.41 Å². The second-order valence-corrected chi connectivity index (χ2v) is 5.90. The zero-order chi connectivity index (χ0) is 12.9. The largest absolute Gasteiger partial charge is 0.357 e. The first kappa shape index (κ1) is 15.5. The molecule has 1 unspecified atom stereocenters. The second-order valence-electron chi connectivity index (χ2n) is 5.90. The van der Waals surface area contributed by atoms with Crippen molar-refractivity contribution in [3.05, 3.63) is 0 Å². The van der Waals surface area contributed by atoms with Crippen LogP contribution in [0.4, 0.5) is 0 Å². The van der Waals surface area contributed by atoms with Crippen LogP contribution in [0.1, 0.15) is 54.9 Å². The zero-order valence-corrected chi connectivity index (χ0v) is 12.2. The zero-order valence-electron chi connectivity index (χ0n) is 12.2. The van der Waals surface area contributed by atoms with Crippen molar-refractivity contribution in [2.24, 2.45) is 17.8 Å². The lowest BCUT2D eigenvalue weighted by Gasteiger charge is -2.36. The van der Waals surface area contributed by atoms with Crippen molar-refractivity contribution in [3.8, 4) is 0 Å². The monoisotopic (exact) mass is 226 g/mol. The molecular formula is C14H30N2. The highest BCUT2D eigenvalue weighted by Crippen LogP contribution is 2.16. The molecule has 1 atom stereocenters. The molecule has 0 rings (SSSR count). The van der Waals surface area contributed by atoms with Crippen molar-refractivity contribution in [3.63, 3.8) is 0 Å². The van der Waals surface area contributed by atoms with Gasteiger partial charge in [-0.2, -0.15) is 0 Å². The van der Waals surface area contributed by atoms with Gasteiger partial charge in [0.15, 0.2) is 0 Å². The van der Waals surface area contributed by atoms with Crippen LogP contribution in [0.3, 0.4) is 0 Å². The van der Waals surface area contributed by atoms with Crippen molar-refractivity contribution in [2.45, 2.75) is 60.9 Å². The highest BCUT2D eigenvalue weighted by molar-refractivity contribution is 5.81. The van der Waals surface area contributed by atoms with E-state index in [0.717, 1.165) is 12.4 Å². The van der Waals surface area contributed by atoms with Gasteiger partial charge in [0.1, 0.15) is 0 Å². The van der Waals surface area contributed by atoms with Crippen molar-refractivity contribution < 1.29 is 0 Å². The average Bonchev–Trinajstić information content (AvgIpc) is 2.16. The summed E-state index contributed by atoms with van der Waals surface area (Å²) in [4.78, 5) is 2.29. The number of nitrogens with zero attached hydrogens (tertiary/aromatic N) is 1. The molecule has 1 N–H and O–H groups in total. The molecule has 96 valence electrons. The number of hydrogen-bond acceptors (Lipinski definition) is 1. The number of amidine groups is 1. The fraction of sp³-hybridized carbons (Fsp3) is 0.929. The minimum absolute atomic E-state index is 0.327. The van der Waals surface area contributed by atoms with Gasteiger partial charge in [-0.05, 0) is 25.2 Å². The molecule has 0 aromatic heterocycles. The number of hydrogen-bond donors (Lipinski definition) is 1. The molecule has 0 saturated carbocycles. The molecule has 0 aliphatic carbocycles. The lowest BCUT2D eigenvalue weighted by atomic mass is 10.0. The van der Waals surface area contributed by atoms with E-state index in [2.05, 4.69) is 53.4 Å². The van der Waals surface area contributed by atoms with Crippen LogP contribution < -0.4 is 0 Å². The van der Waals surface area contributed by atoms with Crippen LogP contribution in [-0.4, -0.2) is 23.3 Å². The van der Waals surface area contributed by atoms with E-state index < -0.39 is 0 Å². The summed E-state index contributed by atoms with van der Waals surface area (Å²) in [6, 6.07) is 0.466. The maximum Gasteiger partial charge on any atom is 0.0986 e. The predicted molar refractivity (Wildman–Crippen MR) is 73.0 cm³/mol. The summed E-state index contributed by atoms with van der Waals surface area (Å²) in [5, 5.41) is 8.19. The van der Waals surface area contributed by atoms with Crippen LogP contribution >= 0.6 is 0 Å². The Kier molecular flexibility index (Phi) is 6.70. The molecular weight excluding hydrogens is 196 g/mol. The van der Waals surface area contributed by atoms with Gasteiger partial charge in [-0.15, -0.1) is 0 Å². The summed E-state index contributed by atoms with van der Waals surface area (Å²) in [6.07, 6.45) is 1.17. The van der Waals surface area contributed by atoms with Gasteiger partial charge in [-0.3, -0.25) is 5.41 Å². The summed E-state index contributed by atoms with van der Waals surface area (Å²) in [5.74, 6) is 2.43. The predicted octanol–water partition coefficient (Wildman–Crippen LogP) is 4.01. The summed E-state index contributed by atoms with van der Waals surface area (Å²) < 4.78 is 0. The van der Waals surface area contributed by atoms with E-state index in [1.165, 1.54) is 6.42 Å². The molecule has 0 fully saturated rings. The molecule has 2 nitrogen and oxygen atoms in total. The van der Waals surface area contributed by atoms with Crippen LogP contribution in [0.2, 0.25) is 0 Å². The molecule has 0 aromatic carbocycles. The molecule has 0 heterocycles. The van der Waals surface area contributed by atoms with Crippen LogP contribution in [0, 0.1) is 23.2 Å². The molecule has 0 spiro atoms. The quantitative estimate of drug-likeness (QED) is 0.537. The fourth-order valence-electron chi connectivity index (χ4n) is 1.63. The van der Waals surface area contributed by atoms with E-state index in [-0.39, 0.29) is 0 Å². The molecule has 0 saturated heterocycles. The van der Waals surface area contributed by atoms with E-state index in [1.807, 2.05) is 0 Å². The van der Waals surface area contributed by atoms with Gasteiger partial charge in [0.05, 0.1) is 5.84 Å². The minimum atomic E-state index is 0.327. The first-order chi connectivity index (χ1) is 7.27. The maximum atomic E-state index is 8.19.